The zero-order valence-corrected chi connectivity index (χ0v) is 25.6. The number of hydrogen-bond acceptors (Lipinski definition) is 2. The Morgan fingerprint density at radius 1 is 0.477 bits per heavy atom. The average molecular weight is 571 g/mol. The third-order valence-electron chi connectivity index (χ3n) is 9.14. The van der Waals surface area contributed by atoms with Gasteiger partial charge < -0.3 is 0 Å². The highest BCUT2D eigenvalue weighted by Gasteiger charge is 2.42. The molecule has 2 aliphatic rings. The maximum Gasteiger partial charge on any atom is 0.195 e. The van der Waals surface area contributed by atoms with Crippen molar-refractivity contribution in [2.24, 2.45) is 0 Å². The molecule has 0 spiro atoms. The first-order valence-corrected chi connectivity index (χ1v) is 15.3. The summed E-state index contributed by atoms with van der Waals surface area (Å²) in [4.78, 5) is 30.3. The Morgan fingerprint density at radius 2 is 0.886 bits per heavy atom. The molecule has 0 saturated carbocycles. The number of carbonyl (C=O) groups excluding carboxylic acids is 2. The molecule has 1 unspecified atom stereocenters. The van der Waals surface area contributed by atoms with E-state index in [2.05, 4.69) is 107 Å². The largest absolute Gasteiger partial charge is 0.289 e. The Hall–Kier alpha value is -5.08. The topological polar surface area (TPSA) is 34.1 Å². The van der Waals surface area contributed by atoms with Crippen LogP contribution in [-0.4, -0.2) is 11.6 Å². The average Bonchev–Trinajstić information content (AvgIpc) is 3.04. The Balaban J connectivity index is 1.52. The second-order valence-corrected chi connectivity index (χ2v) is 12.3. The molecule has 0 N–H and O–H groups in total. The van der Waals surface area contributed by atoms with E-state index in [9.17, 15) is 0 Å². The fraction of sp³-hybridized carbons (Fsp3) is 0.143. The van der Waals surface area contributed by atoms with Crippen LogP contribution in [-0.2, 0) is 0 Å². The van der Waals surface area contributed by atoms with Crippen molar-refractivity contribution in [1.29, 1.82) is 0 Å². The summed E-state index contributed by atoms with van der Waals surface area (Å²) in [6.45, 7) is 8.23. The highest BCUT2D eigenvalue weighted by Crippen LogP contribution is 2.49. The Bertz CT molecular complexity index is 2000. The lowest BCUT2D eigenvalue weighted by molar-refractivity contribution is 0.0973. The smallest absolute Gasteiger partial charge is 0.195 e. The summed E-state index contributed by atoms with van der Waals surface area (Å²) in [5, 5.41) is 0. The molecule has 2 heteroatoms. The molecule has 7 rings (SSSR count). The summed E-state index contributed by atoms with van der Waals surface area (Å²) in [5.74, 6) is -0.344. The molecule has 2 nitrogen and oxygen atoms in total. The molecule has 5 aromatic rings. The van der Waals surface area contributed by atoms with E-state index >= 15 is 9.59 Å². The summed E-state index contributed by atoms with van der Waals surface area (Å²) in [6, 6.07) is 37.1. The van der Waals surface area contributed by atoms with Crippen LogP contribution in [0.3, 0.4) is 0 Å². The molecule has 5 aromatic carbocycles. The van der Waals surface area contributed by atoms with E-state index < -0.39 is 0 Å². The minimum atomic E-state index is -0.210. The van der Waals surface area contributed by atoms with E-state index in [4.69, 9.17) is 0 Å². The second-order valence-electron chi connectivity index (χ2n) is 12.3. The maximum absolute atomic E-state index is 15.1. The number of rotatable bonds is 4. The van der Waals surface area contributed by atoms with Gasteiger partial charge in [-0.3, -0.25) is 9.59 Å². The zero-order chi connectivity index (χ0) is 30.5. The Labute approximate surface area is 259 Å². The van der Waals surface area contributed by atoms with Crippen molar-refractivity contribution in [3.05, 3.63) is 171 Å². The van der Waals surface area contributed by atoms with Gasteiger partial charge in [0.15, 0.2) is 11.6 Å². The van der Waals surface area contributed by atoms with Gasteiger partial charge in [0.1, 0.15) is 0 Å². The summed E-state index contributed by atoms with van der Waals surface area (Å²) >= 11 is 0. The fourth-order valence-electron chi connectivity index (χ4n) is 6.67. The minimum Gasteiger partial charge on any atom is -0.289 e. The number of fused-ring (bicyclic) bond motifs is 1. The van der Waals surface area contributed by atoms with Crippen LogP contribution >= 0.6 is 0 Å². The van der Waals surface area contributed by atoms with E-state index in [1.165, 1.54) is 0 Å². The van der Waals surface area contributed by atoms with Gasteiger partial charge in [-0.15, -0.1) is 0 Å². The van der Waals surface area contributed by atoms with E-state index in [1.807, 2.05) is 36.4 Å². The lowest BCUT2D eigenvalue weighted by Crippen LogP contribution is -2.29. The molecule has 0 heterocycles. The number of carbonyl (C=O) groups is 2. The van der Waals surface area contributed by atoms with Crippen LogP contribution in [0.25, 0.3) is 27.8 Å². The second kappa shape index (κ2) is 10.9. The van der Waals surface area contributed by atoms with Gasteiger partial charge in [0.25, 0.3) is 0 Å². The quantitative estimate of drug-likeness (QED) is 0.215. The predicted molar refractivity (Wildman–Crippen MR) is 180 cm³/mol. The number of ketones is 2. The first-order chi connectivity index (χ1) is 21.3. The van der Waals surface area contributed by atoms with Gasteiger partial charge in [0.05, 0.1) is 0 Å². The van der Waals surface area contributed by atoms with Gasteiger partial charge in [-0.2, -0.15) is 0 Å². The van der Waals surface area contributed by atoms with Crippen molar-refractivity contribution in [2.45, 2.75) is 40.0 Å². The van der Waals surface area contributed by atoms with Crippen LogP contribution in [0, 0.1) is 27.7 Å². The zero-order valence-electron chi connectivity index (χ0n) is 25.6. The minimum absolute atomic E-state index is 0.0533. The number of allylic oxidation sites excluding steroid dienone is 4. The third kappa shape index (κ3) is 4.68. The molecule has 0 aromatic heterocycles. The SMILES string of the molecule is Cc1ccc(C2=CCC(c3ccc(C)cc3)C3=C2C(=O)c2c(-c4ccc(C)cc4)ccc(-c4ccc(C)cc4)c2C3=O)cc1. The van der Waals surface area contributed by atoms with Crippen LogP contribution in [0.5, 0.6) is 0 Å². The van der Waals surface area contributed by atoms with Crippen molar-refractivity contribution in [3.8, 4) is 22.3 Å². The third-order valence-corrected chi connectivity index (χ3v) is 9.14. The monoisotopic (exact) mass is 570 g/mol. The maximum atomic E-state index is 15.1. The van der Waals surface area contributed by atoms with E-state index in [1.54, 1.807) is 0 Å². The summed E-state index contributed by atoms with van der Waals surface area (Å²) < 4.78 is 0. The Morgan fingerprint density at radius 3 is 1.36 bits per heavy atom. The molecular weight excluding hydrogens is 536 g/mol. The molecule has 1 atom stereocenters. The van der Waals surface area contributed by atoms with Gasteiger partial charge in [0.2, 0.25) is 0 Å². The van der Waals surface area contributed by atoms with Crippen LogP contribution in [0.4, 0.5) is 0 Å². The molecular formula is C42H34O2. The summed E-state index contributed by atoms with van der Waals surface area (Å²) in [5.41, 5.74) is 13.1. The lowest BCUT2D eigenvalue weighted by atomic mass is 9.67. The lowest BCUT2D eigenvalue weighted by Gasteiger charge is -2.33. The number of benzene rings is 5. The predicted octanol–water partition coefficient (Wildman–Crippen LogP) is 10.2. The number of Topliss-reactive ketones (excluding diaryl/α,β-unsaturated/α-hetero) is 2. The normalized spacial score (nSPS) is 16.0. The van der Waals surface area contributed by atoms with E-state index in [0.717, 1.165) is 61.2 Å². The molecule has 44 heavy (non-hydrogen) atoms. The summed E-state index contributed by atoms with van der Waals surface area (Å²) in [7, 11) is 0. The van der Waals surface area contributed by atoms with Crippen molar-refractivity contribution in [1.82, 2.24) is 0 Å². The molecule has 0 amide bonds. The number of aryl methyl sites for hydroxylation is 4. The van der Waals surface area contributed by atoms with Crippen LogP contribution in [0.1, 0.15) is 66.4 Å². The highest BCUT2D eigenvalue weighted by molar-refractivity contribution is 6.36. The van der Waals surface area contributed by atoms with Crippen LogP contribution in [0.2, 0.25) is 0 Å². The van der Waals surface area contributed by atoms with Crippen LogP contribution in [0.15, 0.2) is 126 Å². The van der Waals surface area contributed by atoms with Gasteiger partial charge in [0, 0.05) is 28.2 Å². The summed E-state index contributed by atoms with van der Waals surface area (Å²) in [6.07, 6.45) is 2.82. The number of hydrogen-bond donors (Lipinski definition) is 0. The van der Waals surface area contributed by atoms with E-state index in [-0.39, 0.29) is 17.5 Å². The standard InChI is InChI=1S/C42H34O2/c1-25-5-13-29(14-6-25)33-21-22-34(30-15-7-26(2)8-16-30)38-37(33)41(43)39-35(31-17-9-27(3)10-18-31)23-24-36(40(39)42(38)44)32-19-11-28(4)12-20-32/h5-23,36H,24H2,1-4H3. The molecule has 0 saturated heterocycles. The van der Waals surface area contributed by atoms with E-state index in [0.29, 0.717) is 28.7 Å². The molecule has 2 aliphatic carbocycles. The van der Waals surface area contributed by atoms with Gasteiger partial charge >= 0.3 is 0 Å². The molecule has 214 valence electrons. The highest BCUT2D eigenvalue weighted by atomic mass is 16.1. The van der Waals surface area contributed by atoms with Crippen molar-refractivity contribution in [2.75, 3.05) is 0 Å². The molecule has 0 bridgehead atoms. The van der Waals surface area contributed by atoms with Gasteiger partial charge in [-0.05, 0) is 73.1 Å². The van der Waals surface area contributed by atoms with Crippen molar-refractivity contribution >= 4 is 17.1 Å². The van der Waals surface area contributed by atoms with Gasteiger partial charge in [-0.1, -0.05) is 138 Å². The Kier molecular flexibility index (Phi) is 6.86. The first kappa shape index (κ1) is 27.7. The van der Waals surface area contributed by atoms with Crippen molar-refractivity contribution < 1.29 is 9.59 Å². The molecule has 0 fully saturated rings. The van der Waals surface area contributed by atoms with Gasteiger partial charge in [-0.25, -0.2) is 0 Å². The first-order valence-electron chi connectivity index (χ1n) is 15.3. The fourth-order valence-corrected chi connectivity index (χ4v) is 6.67. The molecule has 0 aliphatic heterocycles. The van der Waals surface area contributed by atoms with Crippen LogP contribution < -0.4 is 0 Å². The molecule has 0 radical (unpaired) electrons. The van der Waals surface area contributed by atoms with Crippen molar-refractivity contribution in [3.63, 3.8) is 0 Å².